The lowest BCUT2D eigenvalue weighted by atomic mass is 9.81. The minimum absolute atomic E-state index is 0.0386. The van der Waals surface area contributed by atoms with Crippen LogP contribution in [0.15, 0.2) is 65.1 Å². The maximum absolute atomic E-state index is 12.8. The van der Waals surface area contributed by atoms with Crippen molar-refractivity contribution in [2.45, 2.75) is 51.5 Å². The molecular weight excluding hydrogens is 430 g/mol. The van der Waals surface area contributed by atoms with Gasteiger partial charge in [-0.25, -0.2) is 4.79 Å². The third kappa shape index (κ3) is 6.07. The minimum Gasteiger partial charge on any atom is -0.496 e. The highest BCUT2D eigenvalue weighted by atomic mass is 16.5. The molecule has 1 aromatic heterocycles. The van der Waals surface area contributed by atoms with Gasteiger partial charge in [-0.2, -0.15) is 0 Å². The van der Waals surface area contributed by atoms with E-state index in [1.165, 1.54) is 12.7 Å². The molecule has 0 aliphatic carbocycles. The molecule has 1 heterocycles. The van der Waals surface area contributed by atoms with Crippen LogP contribution in [0.4, 0.5) is 0 Å². The van der Waals surface area contributed by atoms with Crippen molar-refractivity contribution < 1.29 is 23.5 Å². The maximum atomic E-state index is 12.8. The molecule has 0 spiro atoms. The highest BCUT2D eigenvalue weighted by Gasteiger charge is 2.25. The first kappa shape index (κ1) is 25.1. The highest BCUT2D eigenvalue weighted by Crippen LogP contribution is 2.32. The summed E-state index contributed by atoms with van der Waals surface area (Å²) in [7, 11) is 2.95. The minimum atomic E-state index is -0.818. The van der Waals surface area contributed by atoms with Gasteiger partial charge in [0.05, 0.1) is 14.2 Å². The average Bonchev–Trinajstić information content (AvgIpc) is 3.32. The number of benzene rings is 2. The molecule has 6 heteroatoms. The molecular formula is C28H33NO5. The summed E-state index contributed by atoms with van der Waals surface area (Å²) in [5.41, 5.74) is 3.16. The Bertz CT molecular complexity index is 1120. The smallest absolute Gasteiger partial charge is 0.328 e. The van der Waals surface area contributed by atoms with Crippen LogP contribution in [0.25, 0.3) is 0 Å². The fourth-order valence-electron chi connectivity index (χ4n) is 3.74. The second kappa shape index (κ2) is 11.1. The molecule has 0 aliphatic heterocycles. The summed E-state index contributed by atoms with van der Waals surface area (Å²) in [5.74, 6) is 0.565. The van der Waals surface area contributed by atoms with Crippen LogP contribution >= 0.6 is 0 Å². The van der Waals surface area contributed by atoms with Crippen molar-refractivity contribution in [2.24, 2.45) is 0 Å². The molecule has 0 radical (unpaired) electrons. The van der Waals surface area contributed by atoms with Crippen molar-refractivity contribution in [3.8, 4) is 5.75 Å². The topological polar surface area (TPSA) is 77.8 Å². The summed E-state index contributed by atoms with van der Waals surface area (Å²) < 4.78 is 16.3. The quantitative estimate of drug-likeness (QED) is 0.424. The Morgan fingerprint density at radius 1 is 1.03 bits per heavy atom. The van der Waals surface area contributed by atoms with E-state index in [-0.39, 0.29) is 11.2 Å². The van der Waals surface area contributed by atoms with Crippen molar-refractivity contribution in [1.29, 1.82) is 0 Å². The number of ether oxygens (including phenoxy) is 2. The molecule has 0 aliphatic rings. The predicted octanol–water partition coefficient (Wildman–Crippen LogP) is 5.08. The Kier molecular flexibility index (Phi) is 8.16. The zero-order valence-corrected chi connectivity index (χ0v) is 20.5. The Balaban J connectivity index is 1.76. The zero-order chi connectivity index (χ0) is 24.7. The molecule has 6 nitrogen and oxygen atoms in total. The van der Waals surface area contributed by atoms with Gasteiger partial charge in [0.25, 0.3) is 5.91 Å². The lowest BCUT2D eigenvalue weighted by Gasteiger charge is -2.24. The third-order valence-electron chi connectivity index (χ3n) is 6.27. The van der Waals surface area contributed by atoms with Crippen LogP contribution in [-0.4, -0.2) is 32.1 Å². The van der Waals surface area contributed by atoms with Crippen LogP contribution in [0.5, 0.6) is 5.75 Å². The Morgan fingerprint density at radius 3 is 2.41 bits per heavy atom. The molecule has 0 bridgehead atoms. The van der Waals surface area contributed by atoms with E-state index in [9.17, 15) is 9.59 Å². The summed E-state index contributed by atoms with van der Waals surface area (Å²) >= 11 is 0. The summed E-state index contributed by atoms with van der Waals surface area (Å²) in [6.07, 6.45) is 1.81. The van der Waals surface area contributed by atoms with E-state index in [4.69, 9.17) is 13.9 Å². The number of nitrogens with one attached hydrogen (secondary N) is 1. The van der Waals surface area contributed by atoms with Crippen molar-refractivity contribution in [2.75, 3.05) is 14.2 Å². The molecule has 1 N–H and O–H groups in total. The summed E-state index contributed by atoms with van der Waals surface area (Å²) in [4.78, 5) is 25.1. The number of amides is 1. The molecule has 1 atom stereocenters. The number of carbonyl (C=O) groups is 2. The molecule has 0 unspecified atom stereocenters. The van der Waals surface area contributed by atoms with E-state index in [2.05, 4.69) is 38.2 Å². The molecule has 34 heavy (non-hydrogen) atoms. The van der Waals surface area contributed by atoms with Gasteiger partial charge in [-0.15, -0.1) is 0 Å². The normalized spacial score (nSPS) is 12.1. The van der Waals surface area contributed by atoms with Gasteiger partial charge in [-0.1, -0.05) is 63.2 Å². The number of hydrogen-bond acceptors (Lipinski definition) is 5. The van der Waals surface area contributed by atoms with Crippen molar-refractivity contribution in [3.05, 3.63) is 88.9 Å². The Morgan fingerprint density at radius 2 is 1.76 bits per heavy atom. The van der Waals surface area contributed by atoms with Crippen LogP contribution in [0.3, 0.4) is 0 Å². The number of furan rings is 1. The Hall–Kier alpha value is -3.54. The van der Waals surface area contributed by atoms with Gasteiger partial charge in [0.2, 0.25) is 0 Å². The molecule has 0 fully saturated rings. The monoisotopic (exact) mass is 463 g/mol. The first-order valence-electron chi connectivity index (χ1n) is 11.5. The zero-order valence-electron chi connectivity index (χ0n) is 20.5. The fraction of sp³-hybridized carbons (Fsp3) is 0.357. The second-order valence-electron chi connectivity index (χ2n) is 8.95. The molecule has 1 amide bonds. The van der Waals surface area contributed by atoms with Gasteiger partial charge in [-0.05, 0) is 41.2 Å². The van der Waals surface area contributed by atoms with Crippen LogP contribution in [-0.2, 0) is 27.8 Å². The number of rotatable bonds is 10. The lowest BCUT2D eigenvalue weighted by molar-refractivity contribution is -0.142. The van der Waals surface area contributed by atoms with Crippen molar-refractivity contribution in [3.63, 3.8) is 0 Å². The maximum Gasteiger partial charge on any atom is 0.328 e. The van der Waals surface area contributed by atoms with E-state index in [1.54, 1.807) is 19.2 Å². The predicted molar refractivity (Wildman–Crippen MR) is 131 cm³/mol. The molecule has 0 saturated carbocycles. The van der Waals surface area contributed by atoms with Gasteiger partial charge < -0.3 is 19.2 Å². The van der Waals surface area contributed by atoms with Gasteiger partial charge in [0.1, 0.15) is 17.6 Å². The second-order valence-corrected chi connectivity index (χ2v) is 8.95. The first-order chi connectivity index (χ1) is 16.3. The molecule has 0 saturated heterocycles. The average molecular weight is 464 g/mol. The van der Waals surface area contributed by atoms with Crippen LogP contribution < -0.4 is 10.1 Å². The van der Waals surface area contributed by atoms with Gasteiger partial charge in [0.15, 0.2) is 5.76 Å². The van der Waals surface area contributed by atoms with Crippen LogP contribution in [0.2, 0.25) is 0 Å². The number of methoxy groups -OCH3 is 2. The largest absolute Gasteiger partial charge is 0.496 e. The van der Waals surface area contributed by atoms with Crippen molar-refractivity contribution >= 4 is 11.9 Å². The molecule has 180 valence electrons. The van der Waals surface area contributed by atoms with Gasteiger partial charge in [-0.3, -0.25) is 4.79 Å². The summed E-state index contributed by atoms with van der Waals surface area (Å²) in [6.45, 7) is 6.59. The molecule has 3 aromatic rings. The van der Waals surface area contributed by atoms with Crippen molar-refractivity contribution in [1.82, 2.24) is 5.32 Å². The van der Waals surface area contributed by atoms with Crippen LogP contribution in [0.1, 0.15) is 60.2 Å². The van der Waals surface area contributed by atoms with E-state index in [1.807, 2.05) is 36.4 Å². The lowest BCUT2D eigenvalue weighted by Crippen LogP contribution is -2.43. The SMILES string of the molecule is CCC(C)(C)c1ccc(OC)c(Cc2ccc(C(=O)N[C@H](Cc3ccccc3)C(=O)OC)o2)c1. The standard InChI is InChI=1S/C28H33NO5/c1-6-28(2,3)21-12-14-24(32-4)20(17-21)18-22-13-15-25(34-22)26(30)29-23(27(31)33-5)16-19-10-8-7-9-11-19/h7-15,17,23H,6,16,18H2,1-5H3,(H,29,30)/t23-/m1/s1. The van der Waals surface area contributed by atoms with Gasteiger partial charge >= 0.3 is 5.97 Å². The third-order valence-corrected chi connectivity index (χ3v) is 6.27. The van der Waals surface area contributed by atoms with E-state index in [0.717, 1.165) is 23.3 Å². The number of esters is 1. The van der Waals surface area contributed by atoms with Gasteiger partial charge in [0, 0.05) is 18.4 Å². The van der Waals surface area contributed by atoms with Crippen LogP contribution in [0, 0.1) is 0 Å². The summed E-state index contributed by atoms with van der Waals surface area (Å²) in [5, 5.41) is 2.74. The number of hydrogen-bond donors (Lipinski definition) is 1. The molecule has 2 aromatic carbocycles. The number of carbonyl (C=O) groups excluding carboxylic acids is 2. The summed E-state index contributed by atoms with van der Waals surface area (Å²) in [6, 6.07) is 18.2. The first-order valence-corrected chi connectivity index (χ1v) is 11.5. The van der Waals surface area contributed by atoms with E-state index in [0.29, 0.717) is 18.6 Å². The fourth-order valence-corrected chi connectivity index (χ4v) is 3.74. The van der Waals surface area contributed by atoms with E-state index < -0.39 is 17.9 Å². The molecule has 3 rings (SSSR count). The Labute approximate surface area is 201 Å². The highest BCUT2D eigenvalue weighted by molar-refractivity contribution is 5.94. The van der Waals surface area contributed by atoms with E-state index >= 15 is 0 Å².